The van der Waals surface area contributed by atoms with Crippen LogP contribution in [0.25, 0.3) is 0 Å². The van der Waals surface area contributed by atoms with Crippen LogP contribution < -0.4 is 10.1 Å². The van der Waals surface area contributed by atoms with Crippen LogP contribution in [0.2, 0.25) is 0 Å². The van der Waals surface area contributed by atoms with Gasteiger partial charge in [-0.05, 0) is 36.6 Å². The number of hydrogen-bond acceptors (Lipinski definition) is 3. The molecule has 1 unspecified atom stereocenters. The van der Waals surface area contributed by atoms with E-state index in [9.17, 15) is 4.39 Å². The zero-order valence-corrected chi connectivity index (χ0v) is 11.8. The molecule has 1 saturated heterocycles. The number of nitrogens with zero attached hydrogens (tertiary/aromatic N) is 1. The maximum atomic E-state index is 13.4. The third kappa shape index (κ3) is 3.91. The molecule has 0 aliphatic carbocycles. The molecule has 1 aliphatic rings. The zero-order valence-electron chi connectivity index (χ0n) is 11.8. The van der Waals surface area contributed by atoms with Crippen molar-refractivity contribution in [3.05, 3.63) is 29.3 Å². The molecule has 1 heterocycles. The summed E-state index contributed by atoms with van der Waals surface area (Å²) in [7, 11) is 1.67. The highest BCUT2D eigenvalue weighted by atomic mass is 19.1. The van der Waals surface area contributed by atoms with E-state index in [1.807, 2.05) is 12.1 Å². The maximum Gasteiger partial charge on any atom is 0.122 e. The number of nitrogens with one attached hydrogen (secondary N) is 1. The van der Waals surface area contributed by atoms with Crippen LogP contribution in [0.4, 0.5) is 4.39 Å². The molecule has 1 fully saturated rings. The van der Waals surface area contributed by atoms with Crippen LogP contribution in [0.5, 0.6) is 5.75 Å². The quantitative estimate of drug-likeness (QED) is 0.884. The predicted molar refractivity (Wildman–Crippen MR) is 75.5 cm³/mol. The third-order valence-corrected chi connectivity index (χ3v) is 3.67. The van der Waals surface area contributed by atoms with Gasteiger partial charge in [0.25, 0.3) is 0 Å². The van der Waals surface area contributed by atoms with Crippen LogP contribution in [0.3, 0.4) is 0 Å². The fourth-order valence-corrected chi connectivity index (χ4v) is 2.45. The van der Waals surface area contributed by atoms with Gasteiger partial charge in [0.05, 0.1) is 7.11 Å². The molecule has 0 aromatic heterocycles. The highest BCUT2D eigenvalue weighted by molar-refractivity contribution is 5.38. The topological polar surface area (TPSA) is 24.5 Å². The molecule has 1 aromatic carbocycles. The van der Waals surface area contributed by atoms with Gasteiger partial charge in [-0.1, -0.05) is 6.07 Å². The number of hydrogen-bond donors (Lipinski definition) is 1. The molecule has 1 aromatic rings. The standard InChI is InChI=1S/C15H23FN2O/c1-12(16)13-3-4-15(19-2)14(11-13)5-8-18-9-6-17-7-10-18/h3-4,11-12,17H,5-10H2,1-2H3. The molecule has 0 radical (unpaired) electrons. The van der Waals surface area contributed by atoms with E-state index < -0.39 is 6.17 Å². The van der Waals surface area contributed by atoms with Crippen LogP contribution in [-0.2, 0) is 6.42 Å². The molecule has 0 amide bonds. The Bertz CT molecular complexity index is 403. The molecule has 0 spiro atoms. The Labute approximate surface area is 114 Å². The monoisotopic (exact) mass is 266 g/mol. The van der Waals surface area contributed by atoms with Crippen LogP contribution in [0.1, 0.15) is 24.2 Å². The van der Waals surface area contributed by atoms with E-state index in [0.29, 0.717) is 0 Å². The Morgan fingerprint density at radius 3 is 2.74 bits per heavy atom. The van der Waals surface area contributed by atoms with E-state index in [0.717, 1.165) is 56.0 Å². The van der Waals surface area contributed by atoms with Gasteiger partial charge in [0.15, 0.2) is 0 Å². The smallest absolute Gasteiger partial charge is 0.122 e. The Morgan fingerprint density at radius 2 is 2.11 bits per heavy atom. The second-order valence-corrected chi connectivity index (χ2v) is 5.03. The van der Waals surface area contributed by atoms with Crippen molar-refractivity contribution in [1.82, 2.24) is 10.2 Å². The average molecular weight is 266 g/mol. The van der Waals surface area contributed by atoms with Gasteiger partial charge >= 0.3 is 0 Å². The van der Waals surface area contributed by atoms with Gasteiger partial charge in [0.1, 0.15) is 11.9 Å². The lowest BCUT2D eigenvalue weighted by molar-refractivity contribution is 0.243. The van der Waals surface area contributed by atoms with Gasteiger partial charge in [0.2, 0.25) is 0 Å². The van der Waals surface area contributed by atoms with Crippen molar-refractivity contribution in [3.63, 3.8) is 0 Å². The van der Waals surface area contributed by atoms with Crippen molar-refractivity contribution in [1.29, 1.82) is 0 Å². The Balaban J connectivity index is 2.02. The molecule has 3 nitrogen and oxygen atoms in total. The van der Waals surface area contributed by atoms with E-state index in [1.165, 1.54) is 0 Å². The normalized spacial score (nSPS) is 18.3. The first-order valence-corrected chi connectivity index (χ1v) is 6.94. The van der Waals surface area contributed by atoms with Crippen LogP contribution in [-0.4, -0.2) is 44.7 Å². The Kier molecular flexibility index (Phi) is 5.16. The van der Waals surface area contributed by atoms with Gasteiger partial charge in [0, 0.05) is 32.7 Å². The van der Waals surface area contributed by atoms with Crippen LogP contribution in [0, 0.1) is 0 Å². The van der Waals surface area contributed by atoms with Gasteiger partial charge in [-0.15, -0.1) is 0 Å². The molecule has 2 rings (SSSR count). The summed E-state index contributed by atoms with van der Waals surface area (Å²) in [5.41, 5.74) is 1.83. The first-order chi connectivity index (χ1) is 9.20. The third-order valence-electron chi connectivity index (χ3n) is 3.67. The number of ether oxygens (including phenoxy) is 1. The first kappa shape index (κ1) is 14.3. The fourth-order valence-electron chi connectivity index (χ4n) is 2.45. The zero-order chi connectivity index (χ0) is 13.7. The average Bonchev–Trinajstić information content (AvgIpc) is 2.45. The molecule has 19 heavy (non-hydrogen) atoms. The van der Waals surface area contributed by atoms with Crippen molar-refractivity contribution in [2.45, 2.75) is 19.5 Å². The summed E-state index contributed by atoms with van der Waals surface area (Å²) in [5, 5.41) is 3.34. The summed E-state index contributed by atoms with van der Waals surface area (Å²) in [4.78, 5) is 2.43. The highest BCUT2D eigenvalue weighted by Gasteiger charge is 2.12. The van der Waals surface area contributed by atoms with Crippen molar-refractivity contribution in [2.24, 2.45) is 0 Å². The predicted octanol–water partition coefficient (Wildman–Crippen LogP) is 2.17. The largest absolute Gasteiger partial charge is 0.496 e. The molecule has 1 aliphatic heterocycles. The Morgan fingerprint density at radius 1 is 1.37 bits per heavy atom. The van der Waals surface area contributed by atoms with Crippen molar-refractivity contribution in [2.75, 3.05) is 39.8 Å². The van der Waals surface area contributed by atoms with Gasteiger partial charge in [-0.2, -0.15) is 0 Å². The lowest BCUT2D eigenvalue weighted by atomic mass is 10.0. The van der Waals surface area contributed by atoms with E-state index >= 15 is 0 Å². The minimum atomic E-state index is -0.927. The SMILES string of the molecule is COc1ccc(C(C)F)cc1CCN1CCNCC1. The molecule has 106 valence electrons. The lowest BCUT2D eigenvalue weighted by Crippen LogP contribution is -2.44. The van der Waals surface area contributed by atoms with E-state index in [-0.39, 0.29) is 0 Å². The highest BCUT2D eigenvalue weighted by Crippen LogP contribution is 2.25. The second kappa shape index (κ2) is 6.87. The van der Waals surface area contributed by atoms with Crippen LogP contribution in [0.15, 0.2) is 18.2 Å². The van der Waals surface area contributed by atoms with Crippen molar-refractivity contribution in [3.8, 4) is 5.75 Å². The maximum absolute atomic E-state index is 13.4. The summed E-state index contributed by atoms with van der Waals surface area (Å²) in [6.45, 7) is 6.85. The number of rotatable bonds is 5. The van der Waals surface area contributed by atoms with Crippen molar-refractivity contribution >= 4 is 0 Å². The first-order valence-electron chi connectivity index (χ1n) is 6.94. The summed E-state index contributed by atoms with van der Waals surface area (Å²) < 4.78 is 18.8. The second-order valence-electron chi connectivity index (χ2n) is 5.03. The number of alkyl halides is 1. The molecule has 1 N–H and O–H groups in total. The fraction of sp³-hybridized carbons (Fsp3) is 0.600. The molecular formula is C15H23FN2O. The van der Waals surface area contributed by atoms with Crippen LogP contribution >= 0.6 is 0 Å². The number of piperazine rings is 1. The minimum Gasteiger partial charge on any atom is -0.496 e. The van der Waals surface area contributed by atoms with Gasteiger partial charge in [-0.25, -0.2) is 4.39 Å². The molecular weight excluding hydrogens is 243 g/mol. The molecule has 0 bridgehead atoms. The number of benzene rings is 1. The number of halogens is 1. The molecule has 4 heteroatoms. The van der Waals surface area contributed by atoms with Gasteiger partial charge < -0.3 is 15.0 Å². The molecule has 1 atom stereocenters. The molecule has 0 saturated carbocycles. The van der Waals surface area contributed by atoms with Gasteiger partial charge in [-0.3, -0.25) is 0 Å². The summed E-state index contributed by atoms with van der Waals surface area (Å²) in [6.07, 6.45) is -0.0205. The summed E-state index contributed by atoms with van der Waals surface area (Å²) in [5.74, 6) is 0.861. The van der Waals surface area contributed by atoms with E-state index in [2.05, 4.69) is 10.2 Å². The van der Waals surface area contributed by atoms with Crippen molar-refractivity contribution < 1.29 is 9.13 Å². The summed E-state index contributed by atoms with van der Waals surface area (Å²) >= 11 is 0. The summed E-state index contributed by atoms with van der Waals surface area (Å²) in [6, 6.07) is 5.61. The Hall–Kier alpha value is -1.13. The number of methoxy groups -OCH3 is 1. The van der Waals surface area contributed by atoms with E-state index in [1.54, 1.807) is 20.1 Å². The lowest BCUT2D eigenvalue weighted by Gasteiger charge is -2.27. The van der Waals surface area contributed by atoms with E-state index in [4.69, 9.17) is 4.74 Å². The minimum absolute atomic E-state index is 0.733.